The second-order valence-electron chi connectivity index (χ2n) is 5.81. The number of aryl methyl sites for hydroxylation is 1. The maximum atomic E-state index is 3.55. The molecule has 1 aromatic rings. The maximum absolute atomic E-state index is 3.55. The van der Waals surface area contributed by atoms with Crippen molar-refractivity contribution in [2.45, 2.75) is 40.0 Å². The van der Waals surface area contributed by atoms with Gasteiger partial charge in [0.2, 0.25) is 0 Å². The van der Waals surface area contributed by atoms with Gasteiger partial charge in [0, 0.05) is 6.54 Å². The highest BCUT2D eigenvalue weighted by molar-refractivity contribution is 5.27. The van der Waals surface area contributed by atoms with Gasteiger partial charge in [0.25, 0.3) is 0 Å². The molecule has 0 amide bonds. The summed E-state index contributed by atoms with van der Waals surface area (Å²) < 4.78 is 0. The lowest BCUT2D eigenvalue weighted by atomic mass is 9.78. The predicted molar refractivity (Wildman–Crippen MR) is 74.3 cm³/mol. The Morgan fingerprint density at radius 1 is 1.29 bits per heavy atom. The SMILES string of the molecule is CCNCC(C)(Cc1ccccc1C)C1CC1. The first kappa shape index (κ1) is 12.6. The van der Waals surface area contributed by atoms with E-state index in [1.165, 1.54) is 30.4 Å². The zero-order chi connectivity index (χ0) is 12.3. The molecule has 1 aliphatic carbocycles. The maximum Gasteiger partial charge on any atom is 0.00109 e. The standard InChI is InChI=1S/C16H25N/c1-4-17-12-16(3,15-9-10-15)11-14-8-6-5-7-13(14)2/h5-8,15,17H,4,9-12H2,1-3H3. The van der Waals surface area contributed by atoms with E-state index >= 15 is 0 Å². The Hall–Kier alpha value is -0.820. The third-order valence-corrected chi connectivity index (χ3v) is 4.20. The van der Waals surface area contributed by atoms with E-state index in [2.05, 4.69) is 50.4 Å². The van der Waals surface area contributed by atoms with Gasteiger partial charge in [-0.25, -0.2) is 0 Å². The molecule has 0 heterocycles. The summed E-state index contributed by atoms with van der Waals surface area (Å²) in [6.07, 6.45) is 4.07. The van der Waals surface area contributed by atoms with Crippen LogP contribution in [0.1, 0.15) is 37.8 Å². The lowest BCUT2D eigenvalue weighted by Gasteiger charge is -2.31. The summed E-state index contributed by atoms with van der Waals surface area (Å²) in [5.41, 5.74) is 3.41. The fourth-order valence-corrected chi connectivity index (χ4v) is 2.79. The number of nitrogens with one attached hydrogen (secondary N) is 1. The second kappa shape index (κ2) is 5.22. The summed E-state index contributed by atoms with van der Waals surface area (Å²) in [7, 11) is 0. The Morgan fingerprint density at radius 2 is 2.00 bits per heavy atom. The minimum absolute atomic E-state index is 0.447. The Morgan fingerprint density at radius 3 is 2.59 bits per heavy atom. The molecular formula is C16H25N. The zero-order valence-corrected chi connectivity index (χ0v) is 11.4. The second-order valence-corrected chi connectivity index (χ2v) is 5.81. The van der Waals surface area contributed by atoms with Gasteiger partial charge in [-0.1, -0.05) is 38.1 Å². The zero-order valence-electron chi connectivity index (χ0n) is 11.4. The van der Waals surface area contributed by atoms with Crippen molar-refractivity contribution in [3.63, 3.8) is 0 Å². The minimum Gasteiger partial charge on any atom is -0.316 e. The fraction of sp³-hybridized carbons (Fsp3) is 0.625. The molecule has 0 saturated heterocycles. The van der Waals surface area contributed by atoms with Crippen LogP contribution in [0.25, 0.3) is 0 Å². The van der Waals surface area contributed by atoms with Gasteiger partial charge in [-0.05, 0) is 55.2 Å². The van der Waals surface area contributed by atoms with E-state index in [1.807, 2.05) is 0 Å². The summed E-state index contributed by atoms with van der Waals surface area (Å²) in [5, 5.41) is 3.55. The molecule has 1 aliphatic rings. The first-order valence-electron chi connectivity index (χ1n) is 6.91. The molecule has 0 bridgehead atoms. The van der Waals surface area contributed by atoms with E-state index in [9.17, 15) is 0 Å². The number of hydrogen-bond acceptors (Lipinski definition) is 1. The van der Waals surface area contributed by atoms with Crippen LogP contribution in [0.5, 0.6) is 0 Å². The molecule has 1 unspecified atom stereocenters. The third kappa shape index (κ3) is 3.10. The van der Waals surface area contributed by atoms with Crippen molar-refractivity contribution in [3.8, 4) is 0 Å². The topological polar surface area (TPSA) is 12.0 Å². The van der Waals surface area contributed by atoms with Crippen molar-refractivity contribution in [1.82, 2.24) is 5.32 Å². The Bertz CT molecular complexity index is 368. The first-order chi connectivity index (χ1) is 8.15. The van der Waals surface area contributed by atoms with Crippen LogP contribution in [-0.4, -0.2) is 13.1 Å². The van der Waals surface area contributed by atoms with Crippen LogP contribution in [0.3, 0.4) is 0 Å². The molecule has 2 rings (SSSR count). The van der Waals surface area contributed by atoms with E-state index in [4.69, 9.17) is 0 Å². The van der Waals surface area contributed by atoms with Gasteiger partial charge < -0.3 is 5.32 Å². The Balaban J connectivity index is 2.09. The van der Waals surface area contributed by atoms with Crippen molar-refractivity contribution in [1.29, 1.82) is 0 Å². The highest BCUT2D eigenvalue weighted by Crippen LogP contribution is 2.47. The van der Waals surface area contributed by atoms with Gasteiger partial charge in [-0.15, -0.1) is 0 Å². The summed E-state index contributed by atoms with van der Waals surface area (Å²) >= 11 is 0. The first-order valence-corrected chi connectivity index (χ1v) is 6.91. The quantitative estimate of drug-likeness (QED) is 0.789. The molecule has 1 fully saturated rings. The van der Waals surface area contributed by atoms with E-state index in [1.54, 1.807) is 0 Å². The van der Waals surface area contributed by atoms with Crippen LogP contribution >= 0.6 is 0 Å². The summed E-state index contributed by atoms with van der Waals surface area (Å²) in [6, 6.07) is 8.83. The van der Waals surface area contributed by atoms with Crippen LogP contribution in [0, 0.1) is 18.3 Å². The van der Waals surface area contributed by atoms with Crippen LogP contribution in [0.2, 0.25) is 0 Å². The Labute approximate surface area is 106 Å². The van der Waals surface area contributed by atoms with E-state index in [0.717, 1.165) is 19.0 Å². The molecule has 1 heteroatoms. The predicted octanol–water partition coefficient (Wildman–Crippen LogP) is 3.56. The normalized spacial score (nSPS) is 19.0. The fourth-order valence-electron chi connectivity index (χ4n) is 2.79. The van der Waals surface area contributed by atoms with Gasteiger partial charge >= 0.3 is 0 Å². The highest BCUT2D eigenvalue weighted by Gasteiger charge is 2.41. The molecule has 1 saturated carbocycles. The van der Waals surface area contributed by atoms with Gasteiger partial charge in [0.15, 0.2) is 0 Å². The molecule has 0 aromatic heterocycles. The molecular weight excluding hydrogens is 206 g/mol. The molecule has 17 heavy (non-hydrogen) atoms. The lowest BCUT2D eigenvalue weighted by molar-refractivity contribution is 0.257. The summed E-state index contributed by atoms with van der Waals surface area (Å²) in [4.78, 5) is 0. The lowest BCUT2D eigenvalue weighted by Crippen LogP contribution is -2.35. The van der Waals surface area contributed by atoms with Crippen LogP contribution < -0.4 is 5.32 Å². The van der Waals surface area contributed by atoms with Crippen LogP contribution in [0.4, 0.5) is 0 Å². The van der Waals surface area contributed by atoms with Crippen molar-refractivity contribution >= 4 is 0 Å². The molecule has 1 nitrogen and oxygen atoms in total. The van der Waals surface area contributed by atoms with Crippen LogP contribution in [-0.2, 0) is 6.42 Å². The van der Waals surface area contributed by atoms with Gasteiger partial charge in [0.1, 0.15) is 0 Å². The molecule has 1 aromatic carbocycles. The molecule has 1 N–H and O–H groups in total. The summed E-state index contributed by atoms with van der Waals surface area (Å²) in [6.45, 7) is 9.12. The van der Waals surface area contributed by atoms with Gasteiger partial charge in [-0.2, -0.15) is 0 Å². The molecule has 0 aliphatic heterocycles. The van der Waals surface area contributed by atoms with E-state index < -0.39 is 0 Å². The molecule has 0 radical (unpaired) electrons. The number of rotatable bonds is 6. The van der Waals surface area contributed by atoms with Gasteiger partial charge in [-0.3, -0.25) is 0 Å². The van der Waals surface area contributed by atoms with E-state index in [-0.39, 0.29) is 0 Å². The van der Waals surface area contributed by atoms with Crippen molar-refractivity contribution in [2.75, 3.05) is 13.1 Å². The number of benzene rings is 1. The third-order valence-electron chi connectivity index (χ3n) is 4.20. The monoisotopic (exact) mass is 231 g/mol. The largest absolute Gasteiger partial charge is 0.316 e. The minimum atomic E-state index is 0.447. The summed E-state index contributed by atoms with van der Waals surface area (Å²) in [5.74, 6) is 0.932. The smallest absolute Gasteiger partial charge is 0.00109 e. The van der Waals surface area contributed by atoms with Crippen molar-refractivity contribution < 1.29 is 0 Å². The highest BCUT2D eigenvalue weighted by atomic mass is 14.9. The van der Waals surface area contributed by atoms with Crippen LogP contribution in [0.15, 0.2) is 24.3 Å². The van der Waals surface area contributed by atoms with Gasteiger partial charge in [0.05, 0.1) is 0 Å². The molecule has 1 atom stereocenters. The number of hydrogen-bond donors (Lipinski definition) is 1. The van der Waals surface area contributed by atoms with Crippen molar-refractivity contribution in [2.24, 2.45) is 11.3 Å². The average Bonchev–Trinajstić information content (AvgIpc) is 3.14. The molecule has 0 spiro atoms. The van der Waals surface area contributed by atoms with Crippen molar-refractivity contribution in [3.05, 3.63) is 35.4 Å². The Kier molecular flexibility index (Phi) is 3.88. The van der Waals surface area contributed by atoms with E-state index in [0.29, 0.717) is 5.41 Å². The average molecular weight is 231 g/mol. The molecule has 94 valence electrons.